The number of fused-ring (bicyclic) bond motifs is 12. The van der Waals surface area contributed by atoms with E-state index in [2.05, 4.69) is 168 Å². The number of para-hydroxylation sites is 2. The van der Waals surface area contributed by atoms with Crippen LogP contribution in [-0.4, -0.2) is 14.5 Å². The Balaban J connectivity index is 0.993. The van der Waals surface area contributed by atoms with E-state index in [1.807, 2.05) is 11.3 Å². The third kappa shape index (κ3) is 4.05. The van der Waals surface area contributed by atoms with Gasteiger partial charge in [0.15, 0.2) is 0 Å². The second-order valence-corrected chi connectivity index (χ2v) is 15.6. The highest BCUT2D eigenvalue weighted by Crippen LogP contribution is 2.52. The van der Waals surface area contributed by atoms with E-state index in [-0.39, 0.29) is 0 Å². The zero-order valence-electron chi connectivity index (χ0n) is 29.2. The molecule has 254 valence electrons. The molecule has 4 aromatic heterocycles. The molecule has 0 N–H and O–H groups in total. The van der Waals surface area contributed by atoms with Gasteiger partial charge in [0.25, 0.3) is 0 Å². The Bertz CT molecular complexity index is 3620. The predicted octanol–water partition coefficient (Wildman–Crippen LogP) is 14.0. The molecule has 1 aliphatic carbocycles. The summed E-state index contributed by atoms with van der Waals surface area (Å²) < 4.78 is 11.3. The van der Waals surface area contributed by atoms with Gasteiger partial charge in [-0.15, -0.1) is 11.3 Å². The first kappa shape index (κ1) is 29.4. The Kier molecular flexibility index (Phi) is 5.74. The molecule has 0 fully saturated rings. The summed E-state index contributed by atoms with van der Waals surface area (Å²) in [6.07, 6.45) is 0. The van der Waals surface area contributed by atoms with Crippen LogP contribution in [0, 0.1) is 0 Å². The maximum Gasteiger partial charge on any atom is 0.235 e. The average Bonchev–Trinajstić information content (AvgIpc) is 3.98. The van der Waals surface area contributed by atoms with Crippen LogP contribution in [0.2, 0.25) is 0 Å². The molecule has 0 spiro atoms. The van der Waals surface area contributed by atoms with Crippen LogP contribution >= 0.6 is 11.3 Å². The van der Waals surface area contributed by atoms with Gasteiger partial charge in [-0.2, -0.15) is 0 Å². The molecule has 8 aromatic carbocycles. The van der Waals surface area contributed by atoms with Crippen molar-refractivity contribution in [3.8, 4) is 50.8 Å². The zero-order chi connectivity index (χ0) is 35.8. The molecular formula is C50H27N3OS. The van der Waals surface area contributed by atoms with Gasteiger partial charge >= 0.3 is 0 Å². The molecule has 4 nitrogen and oxygen atoms in total. The maximum absolute atomic E-state index is 6.54. The highest BCUT2D eigenvalue weighted by atomic mass is 32.1. The first-order chi connectivity index (χ1) is 27.2. The van der Waals surface area contributed by atoms with Crippen molar-refractivity contribution in [1.29, 1.82) is 0 Å². The Hall–Kier alpha value is -7.08. The fourth-order valence-electron chi connectivity index (χ4n) is 9.10. The molecule has 0 aliphatic heterocycles. The molecular weight excluding hydrogens is 691 g/mol. The summed E-state index contributed by atoms with van der Waals surface area (Å²) in [5.41, 5.74) is 11.9. The molecule has 0 saturated carbocycles. The lowest BCUT2D eigenvalue weighted by atomic mass is 9.98. The van der Waals surface area contributed by atoms with Crippen molar-refractivity contribution < 1.29 is 4.42 Å². The summed E-state index contributed by atoms with van der Waals surface area (Å²) in [5, 5.41) is 9.60. The third-order valence-electron chi connectivity index (χ3n) is 11.6. The van der Waals surface area contributed by atoms with Gasteiger partial charge in [0, 0.05) is 63.8 Å². The lowest BCUT2D eigenvalue weighted by molar-refractivity contribution is 0.634. The van der Waals surface area contributed by atoms with Crippen LogP contribution in [0.25, 0.3) is 125 Å². The second-order valence-electron chi connectivity index (χ2n) is 14.5. The van der Waals surface area contributed by atoms with Crippen molar-refractivity contribution in [3.05, 3.63) is 164 Å². The molecule has 0 atom stereocenters. The monoisotopic (exact) mass is 717 g/mol. The van der Waals surface area contributed by atoms with Crippen molar-refractivity contribution in [2.75, 3.05) is 0 Å². The topological polar surface area (TPSA) is 43.9 Å². The molecule has 0 radical (unpaired) electrons. The van der Waals surface area contributed by atoms with E-state index in [1.54, 1.807) is 0 Å². The van der Waals surface area contributed by atoms with Crippen LogP contribution in [0.5, 0.6) is 0 Å². The minimum absolute atomic E-state index is 0.660. The Morgan fingerprint density at radius 2 is 1.18 bits per heavy atom. The third-order valence-corrected chi connectivity index (χ3v) is 12.7. The molecule has 0 amide bonds. The molecule has 0 unspecified atom stereocenters. The Morgan fingerprint density at radius 3 is 2.09 bits per heavy atom. The Labute approximate surface area is 318 Å². The molecule has 13 rings (SSSR count). The number of aromatic nitrogens is 3. The van der Waals surface area contributed by atoms with E-state index in [9.17, 15) is 0 Å². The summed E-state index contributed by atoms with van der Waals surface area (Å²) in [4.78, 5) is 10.6. The van der Waals surface area contributed by atoms with Gasteiger partial charge in [-0.25, -0.2) is 9.97 Å². The fraction of sp³-hybridized carbons (Fsp3) is 0. The fourth-order valence-corrected chi connectivity index (χ4v) is 10.2. The summed E-state index contributed by atoms with van der Waals surface area (Å²) in [5.74, 6) is 1.63. The zero-order valence-corrected chi connectivity index (χ0v) is 30.1. The van der Waals surface area contributed by atoms with E-state index in [1.165, 1.54) is 47.6 Å². The highest BCUT2D eigenvalue weighted by molar-refractivity contribution is 7.25. The predicted molar refractivity (Wildman–Crippen MR) is 229 cm³/mol. The van der Waals surface area contributed by atoms with Gasteiger partial charge in [-0.05, 0) is 70.6 Å². The lowest BCUT2D eigenvalue weighted by Crippen LogP contribution is -2.03. The molecule has 5 heteroatoms. The molecule has 0 bridgehead atoms. The first-order valence-electron chi connectivity index (χ1n) is 18.6. The molecule has 4 heterocycles. The van der Waals surface area contributed by atoms with Crippen LogP contribution in [-0.2, 0) is 0 Å². The number of hydrogen-bond donors (Lipinski definition) is 0. The van der Waals surface area contributed by atoms with Crippen molar-refractivity contribution in [3.63, 3.8) is 0 Å². The van der Waals surface area contributed by atoms with Crippen molar-refractivity contribution in [2.45, 2.75) is 0 Å². The first-order valence-corrected chi connectivity index (χ1v) is 19.4. The van der Waals surface area contributed by atoms with E-state index < -0.39 is 0 Å². The number of hydrogen-bond acceptors (Lipinski definition) is 4. The van der Waals surface area contributed by atoms with E-state index in [4.69, 9.17) is 14.4 Å². The van der Waals surface area contributed by atoms with Crippen LogP contribution in [0.15, 0.2) is 168 Å². The van der Waals surface area contributed by atoms with Crippen LogP contribution < -0.4 is 0 Å². The van der Waals surface area contributed by atoms with E-state index in [0.29, 0.717) is 5.95 Å². The number of rotatable bonds is 3. The summed E-state index contributed by atoms with van der Waals surface area (Å²) >= 11 is 1.83. The van der Waals surface area contributed by atoms with Crippen molar-refractivity contribution in [1.82, 2.24) is 14.5 Å². The normalized spacial score (nSPS) is 12.4. The standard InChI is InChI=1S/C50H27N3OS/c1-4-16-40-35(13-1)48(31-19-22-34-33-12-3-6-18-44(33)55-45(34)27-31)52-50(51-40)53-41-17-5-2-11-32(41)38-25-29(20-23-42(38)53)30-21-24-43-39(26-30)47-36-14-7-9-28-10-8-15-37(46(28)36)49(47)54-43/h1-27H. The average molecular weight is 718 g/mol. The van der Waals surface area contributed by atoms with Gasteiger partial charge < -0.3 is 4.42 Å². The SMILES string of the molecule is c1cc2c3c(cccc3c1)-c1c-2oc2ccc(-c3ccc4c(c3)c3ccccc3n4-c3nc(-c4ccc5c(c4)sc4ccccc45)c4ccccc4n3)cc12. The molecule has 0 saturated heterocycles. The largest absolute Gasteiger partial charge is 0.455 e. The molecule has 1 aliphatic rings. The lowest BCUT2D eigenvalue weighted by Gasteiger charge is -2.12. The quantitative estimate of drug-likeness (QED) is 0.183. The van der Waals surface area contributed by atoms with Crippen LogP contribution in [0.1, 0.15) is 0 Å². The van der Waals surface area contributed by atoms with Crippen LogP contribution in [0.3, 0.4) is 0 Å². The summed E-state index contributed by atoms with van der Waals surface area (Å²) in [7, 11) is 0. The second kappa shape index (κ2) is 10.8. The van der Waals surface area contributed by atoms with E-state index in [0.717, 1.165) is 71.8 Å². The van der Waals surface area contributed by atoms with Gasteiger partial charge in [0.2, 0.25) is 5.95 Å². The molecule has 55 heavy (non-hydrogen) atoms. The summed E-state index contributed by atoms with van der Waals surface area (Å²) in [6, 6.07) is 58.8. The smallest absolute Gasteiger partial charge is 0.235 e. The number of furan rings is 1. The highest BCUT2D eigenvalue weighted by Gasteiger charge is 2.28. The number of benzene rings is 8. The number of thiophene rings is 1. The maximum atomic E-state index is 6.54. The van der Waals surface area contributed by atoms with Crippen LogP contribution in [0.4, 0.5) is 0 Å². The minimum atomic E-state index is 0.660. The Morgan fingerprint density at radius 1 is 0.473 bits per heavy atom. The number of nitrogens with zero attached hydrogens (tertiary/aromatic N) is 3. The van der Waals surface area contributed by atoms with Gasteiger partial charge in [0.1, 0.15) is 11.3 Å². The van der Waals surface area contributed by atoms with Gasteiger partial charge in [0.05, 0.1) is 22.2 Å². The summed E-state index contributed by atoms with van der Waals surface area (Å²) in [6.45, 7) is 0. The van der Waals surface area contributed by atoms with E-state index >= 15 is 0 Å². The van der Waals surface area contributed by atoms with Gasteiger partial charge in [-0.3, -0.25) is 4.57 Å². The van der Waals surface area contributed by atoms with Gasteiger partial charge in [-0.1, -0.05) is 115 Å². The van der Waals surface area contributed by atoms with Crippen molar-refractivity contribution >= 4 is 86.0 Å². The minimum Gasteiger partial charge on any atom is -0.455 e. The molecule has 12 aromatic rings. The van der Waals surface area contributed by atoms with Crippen molar-refractivity contribution in [2.24, 2.45) is 0 Å².